The summed E-state index contributed by atoms with van der Waals surface area (Å²) in [5.74, 6) is 2.14. The summed E-state index contributed by atoms with van der Waals surface area (Å²) >= 11 is 0. The molecule has 1 aromatic heterocycles. The molecule has 6 heteroatoms. The molecule has 1 amide bonds. The predicted molar refractivity (Wildman–Crippen MR) is 112 cm³/mol. The Labute approximate surface area is 170 Å². The first kappa shape index (κ1) is 19.1. The SMILES string of the molecule is COc1ccc(N2CCN(C(=O)Cc3oc(-c4ccccc4)nc3C)CC2)cc1. The smallest absolute Gasteiger partial charge is 0.230 e. The van der Waals surface area contributed by atoms with Gasteiger partial charge in [0.25, 0.3) is 0 Å². The number of amides is 1. The summed E-state index contributed by atoms with van der Waals surface area (Å²) < 4.78 is 11.1. The van der Waals surface area contributed by atoms with E-state index in [1.165, 1.54) is 0 Å². The normalized spacial score (nSPS) is 14.1. The fourth-order valence-corrected chi connectivity index (χ4v) is 3.55. The standard InChI is InChI=1S/C23H25N3O3/c1-17-21(29-23(24-17)18-6-4-3-5-7-18)16-22(27)26-14-12-25(13-15-26)19-8-10-20(28-2)11-9-19/h3-11H,12-16H2,1-2H3. The molecule has 1 aliphatic heterocycles. The van der Waals surface area contributed by atoms with Crippen molar-refractivity contribution in [3.8, 4) is 17.2 Å². The Bertz CT molecular complexity index is 959. The highest BCUT2D eigenvalue weighted by molar-refractivity contribution is 5.79. The summed E-state index contributed by atoms with van der Waals surface area (Å²) in [4.78, 5) is 21.5. The summed E-state index contributed by atoms with van der Waals surface area (Å²) in [7, 11) is 1.67. The number of hydrogen-bond donors (Lipinski definition) is 0. The van der Waals surface area contributed by atoms with Crippen molar-refractivity contribution in [2.24, 2.45) is 0 Å². The molecule has 1 fully saturated rings. The molecule has 2 aromatic carbocycles. The number of aromatic nitrogens is 1. The van der Waals surface area contributed by atoms with Gasteiger partial charge in [0, 0.05) is 37.4 Å². The van der Waals surface area contributed by atoms with Gasteiger partial charge in [0.15, 0.2) is 0 Å². The van der Waals surface area contributed by atoms with Crippen molar-refractivity contribution in [3.63, 3.8) is 0 Å². The molecular formula is C23H25N3O3. The monoisotopic (exact) mass is 391 g/mol. The predicted octanol–water partition coefficient (Wildman–Crippen LogP) is 3.55. The van der Waals surface area contributed by atoms with Crippen molar-refractivity contribution >= 4 is 11.6 Å². The number of anilines is 1. The second kappa shape index (κ2) is 8.39. The molecule has 0 saturated carbocycles. The zero-order valence-corrected chi connectivity index (χ0v) is 16.8. The van der Waals surface area contributed by atoms with Gasteiger partial charge in [0.1, 0.15) is 11.5 Å². The fraction of sp³-hybridized carbons (Fsp3) is 0.304. The van der Waals surface area contributed by atoms with Crippen molar-refractivity contribution < 1.29 is 13.9 Å². The second-order valence-corrected chi connectivity index (χ2v) is 7.14. The summed E-state index contributed by atoms with van der Waals surface area (Å²) in [5, 5.41) is 0. The maximum atomic E-state index is 12.8. The Morgan fingerprint density at radius 1 is 1.03 bits per heavy atom. The minimum Gasteiger partial charge on any atom is -0.497 e. The molecule has 0 unspecified atom stereocenters. The maximum Gasteiger partial charge on any atom is 0.230 e. The van der Waals surface area contributed by atoms with Gasteiger partial charge in [-0.05, 0) is 43.3 Å². The summed E-state index contributed by atoms with van der Waals surface area (Å²) in [6.07, 6.45) is 0.244. The highest BCUT2D eigenvalue weighted by atomic mass is 16.5. The maximum absolute atomic E-state index is 12.8. The van der Waals surface area contributed by atoms with Crippen LogP contribution in [-0.4, -0.2) is 49.1 Å². The van der Waals surface area contributed by atoms with E-state index in [-0.39, 0.29) is 12.3 Å². The van der Waals surface area contributed by atoms with Gasteiger partial charge >= 0.3 is 0 Å². The molecule has 4 rings (SSSR count). The van der Waals surface area contributed by atoms with Gasteiger partial charge < -0.3 is 19.0 Å². The number of oxazole rings is 1. The van der Waals surface area contributed by atoms with E-state index in [4.69, 9.17) is 9.15 Å². The van der Waals surface area contributed by atoms with Gasteiger partial charge in [-0.1, -0.05) is 18.2 Å². The highest BCUT2D eigenvalue weighted by Crippen LogP contribution is 2.23. The number of piperazine rings is 1. The van der Waals surface area contributed by atoms with Gasteiger partial charge in [-0.3, -0.25) is 4.79 Å². The zero-order valence-electron chi connectivity index (χ0n) is 16.8. The minimum absolute atomic E-state index is 0.0817. The Balaban J connectivity index is 1.36. The van der Waals surface area contributed by atoms with Crippen molar-refractivity contribution in [2.45, 2.75) is 13.3 Å². The average Bonchev–Trinajstić information content (AvgIpc) is 3.14. The van der Waals surface area contributed by atoms with E-state index in [9.17, 15) is 4.79 Å². The zero-order chi connectivity index (χ0) is 20.2. The van der Waals surface area contributed by atoms with Crippen LogP contribution in [0.25, 0.3) is 11.5 Å². The van der Waals surface area contributed by atoms with Gasteiger partial charge in [-0.2, -0.15) is 0 Å². The first-order chi connectivity index (χ1) is 14.1. The minimum atomic E-state index is 0.0817. The van der Waals surface area contributed by atoms with E-state index in [0.717, 1.165) is 35.8 Å². The van der Waals surface area contributed by atoms with Gasteiger partial charge in [0.2, 0.25) is 11.8 Å². The molecule has 0 spiro atoms. The third-order valence-electron chi connectivity index (χ3n) is 5.30. The fourth-order valence-electron chi connectivity index (χ4n) is 3.55. The Kier molecular flexibility index (Phi) is 5.51. The van der Waals surface area contributed by atoms with Crippen LogP contribution >= 0.6 is 0 Å². The number of aryl methyl sites for hydroxylation is 1. The van der Waals surface area contributed by atoms with E-state index < -0.39 is 0 Å². The Hall–Kier alpha value is -3.28. The molecule has 0 radical (unpaired) electrons. The van der Waals surface area contributed by atoms with E-state index >= 15 is 0 Å². The van der Waals surface area contributed by atoms with Gasteiger partial charge in [-0.25, -0.2) is 4.98 Å². The van der Waals surface area contributed by atoms with E-state index in [2.05, 4.69) is 22.0 Å². The van der Waals surface area contributed by atoms with Crippen LogP contribution in [0, 0.1) is 6.92 Å². The molecule has 0 aliphatic carbocycles. The quantitative estimate of drug-likeness (QED) is 0.666. The van der Waals surface area contributed by atoms with Crippen LogP contribution in [0.15, 0.2) is 59.0 Å². The lowest BCUT2D eigenvalue weighted by Gasteiger charge is -2.36. The van der Waals surface area contributed by atoms with E-state index in [0.29, 0.717) is 24.7 Å². The molecule has 6 nitrogen and oxygen atoms in total. The highest BCUT2D eigenvalue weighted by Gasteiger charge is 2.23. The number of carbonyl (C=O) groups is 1. The summed E-state index contributed by atoms with van der Waals surface area (Å²) in [6, 6.07) is 17.8. The first-order valence-electron chi connectivity index (χ1n) is 9.82. The Morgan fingerprint density at radius 2 is 1.72 bits per heavy atom. The largest absolute Gasteiger partial charge is 0.497 e. The molecular weight excluding hydrogens is 366 g/mol. The molecule has 1 aliphatic rings. The van der Waals surface area contributed by atoms with Crippen LogP contribution in [0.5, 0.6) is 5.75 Å². The molecule has 150 valence electrons. The molecule has 3 aromatic rings. The molecule has 1 saturated heterocycles. The van der Waals surface area contributed by atoms with Crippen LogP contribution in [0.3, 0.4) is 0 Å². The second-order valence-electron chi connectivity index (χ2n) is 7.14. The van der Waals surface area contributed by atoms with E-state index in [1.807, 2.05) is 54.3 Å². The molecule has 29 heavy (non-hydrogen) atoms. The van der Waals surface area contributed by atoms with Crippen molar-refractivity contribution in [1.29, 1.82) is 0 Å². The lowest BCUT2D eigenvalue weighted by atomic mass is 10.2. The van der Waals surface area contributed by atoms with Crippen molar-refractivity contribution in [3.05, 3.63) is 66.1 Å². The molecule has 0 N–H and O–H groups in total. The number of benzene rings is 2. The average molecular weight is 391 g/mol. The lowest BCUT2D eigenvalue weighted by Crippen LogP contribution is -2.49. The number of methoxy groups -OCH3 is 1. The molecule has 0 bridgehead atoms. The van der Waals surface area contributed by atoms with Gasteiger partial charge in [-0.15, -0.1) is 0 Å². The number of hydrogen-bond acceptors (Lipinski definition) is 5. The number of ether oxygens (including phenoxy) is 1. The third kappa shape index (κ3) is 4.26. The topological polar surface area (TPSA) is 58.8 Å². The van der Waals surface area contributed by atoms with Crippen LogP contribution in [0.1, 0.15) is 11.5 Å². The van der Waals surface area contributed by atoms with Crippen LogP contribution in [-0.2, 0) is 11.2 Å². The lowest BCUT2D eigenvalue weighted by molar-refractivity contribution is -0.131. The van der Waals surface area contributed by atoms with Crippen LogP contribution < -0.4 is 9.64 Å². The van der Waals surface area contributed by atoms with E-state index in [1.54, 1.807) is 7.11 Å². The number of nitrogens with zero attached hydrogens (tertiary/aromatic N) is 3. The van der Waals surface area contributed by atoms with Crippen molar-refractivity contribution in [2.75, 3.05) is 38.2 Å². The van der Waals surface area contributed by atoms with Crippen molar-refractivity contribution in [1.82, 2.24) is 9.88 Å². The van der Waals surface area contributed by atoms with Crippen LogP contribution in [0.2, 0.25) is 0 Å². The molecule has 0 atom stereocenters. The summed E-state index contributed by atoms with van der Waals surface area (Å²) in [6.45, 7) is 4.90. The number of rotatable bonds is 5. The number of carbonyl (C=O) groups excluding carboxylic acids is 1. The first-order valence-corrected chi connectivity index (χ1v) is 9.82. The van der Waals surface area contributed by atoms with Crippen LogP contribution in [0.4, 0.5) is 5.69 Å². The molecule has 2 heterocycles. The Morgan fingerprint density at radius 3 is 2.38 bits per heavy atom. The van der Waals surface area contributed by atoms with Gasteiger partial charge in [0.05, 0.1) is 19.2 Å². The third-order valence-corrected chi connectivity index (χ3v) is 5.30. The summed E-state index contributed by atoms with van der Waals surface area (Å²) in [5.41, 5.74) is 2.84.